The normalized spacial score (nSPS) is 43.1. The molecule has 0 aromatic rings. The average molecular weight is 487 g/mol. The van der Waals surface area contributed by atoms with Crippen molar-refractivity contribution in [2.45, 2.75) is 106 Å². The van der Waals surface area contributed by atoms with Crippen molar-refractivity contribution >= 4 is 11.6 Å². The lowest BCUT2D eigenvalue weighted by Crippen LogP contribution is -2.50. The first-order valence-electron chi connectivity index (χ1n) is 10.7. The Morgan fingerprint density at radius 2 is 1.19 bits per heavy atom. The molecule has 0 aromatic carbocycles. The molecule has 2 nitrogen and oxygen atoms in total. The van der Waals surface area contributed by atoms with E-state index in [1.54, 1.807) is 0 Å². The highest BCUT2D eigenvalue weighted by Crippen LogP contribution is 2.46. The van der Waals surface area contributed by atoms with Crippen LogP contribution >= 0.6 is 11.6 Å². The quantitative estimate of drug-likeness (QED) is 0.311. The Morgan fingerprint density at radius 3 is 1.71 bits per heavy atom. The van der Waals surface area contributed by atoms with Gasteiger partial charge in [0.1, 0.15) is 24.4 Å². The highest BCUT2D eigenvalue weighted by Gasteiger charge is 2.55. The van der Waals surface area contributed by atoms with Gasteiger partial charge in [0.2, 0.25) is 0 Å². The minimum absolute atomic E-state index is 0.0956. The van der Waals surface area contributed by atoms with E-state index in [4.69, 9.17) is 16.3 Å². The van der Waals surface area contributed by atoms with Gasteiger partial charge in [0, 0.05) is 11.8 Å². The Balaban J connectivity index is 1.50. The van der Waals surface area contributed by atoms with Crippen LogP contribution in [0.25, 0.3) is 0 Å². The van der Waals surface area contributed by atoms with Crippen LogP contribution in [-0.4, -0.2) is 48.6 Å². The van der Waals surface area contributed by atoms with Gasteiger partial charge >= 0.3 is 12.5 Å². The SMILES string of the molecule is FC1CC(OC(F)(F)C2C(F)CC(Cl)CC2F)CCC1C1CCC(OC(F)(F)F)CC1. The van der Waals surface area contributed by atoms with Gasteiger partial charge in [-0.25, -0.2) is 13.2 Å². The Labute approximate surface area is 181 Å². The Kier molecular flexibility index (Phi) is 8.05. The molecule has 0 radical (unpaired) electrons. The Hall–Kier alpha value is -0.350. The summed E-state index contributed by atoms with van der Waals surface area (Å²) in [5, 5.41) is -0.862. The summed E-state index contributed by atoms with van der Waals surface area (Å²) in [7, 11) is 0. The zero-order valence-corrected chi connectivity index (χ0v) is 17.5. The molecule has 3 aliphatic carbocycles. The van der Waals surface area contributed by atoms with Crippen LogP contribution in [0, 0.1) is 17.8 Å². The first-order chi connectivity index (χ1) is 14.4. The summed E-state index contributed by atoms with van der Waals surface area (Å²) in [4.78, 5) is 0. The molecule has 0 heterocycles. The molecule has 3 rings (SSSR count). The van der Waals surface area contributed by atoms with Gasteiger partial charge in [0.25, 0.3) is 0 Å². The van der Waals surface area contributed by atoms with Crippen molar-refractivity contribution < 1.29 is 44.6 Å². The summed E-state index contributed by atoms with van der Waals surface area (Å²) in [6.45, 7) is 0. The van der Waals surface area contributed by atoms with Gasteiger partial charge in [-0.3, -0.25) is 4.74 Å². The van der Waals surface area contributed by atoms with Gasteiger partial charge in [-0.15, -0.1) is 24.8 Å². The van der Waals surface area contributed by atoms with E-state index in [1.807, 2.05) is 0 Å². The van der Waals surface area contributed by atoms with E-state index in [0.717, 1.165) is 0 Å². The monoisotopic (exact) mass is 486 g/mol. The van der Waals surface area contributed by atoms with Gasteiger partial charge in [-0.05, 0) is 63.2 Å². The molecule has 3 aliphatic rings. The molecule has 182 valence electrons. The maximum atomic E-state index is 14.8. The van der Waals surface area contributed by atoms with Gasteiger partial charge in [-0.1, -0.05) is 0 Å². The third kappa shape index (κ3) is 6.59. The summed E-state index contributed by atoms with van der Waals surface area (Å²) >= 11 is 5.68. The Morgan fingerprint density at radius 1 is 0.645 bits per heavy atom. The van der Waals surface area contributed by atoms with Crippen molar-refractivity contribution in [1.82, 2.24) is 0 Å². The van der Waals surface area contributed by atoms with E-state index in [0.29, 0.717) is 12.8 Å². The smallest absolute Gasteiger partial charge is 0.317 e. The molecule has 31 heavy (non-hydrogen) atoms. The van der Waals surface area contributed by atoms with Crippen molar-refractivity contribution in [3.63, 3.8) is 0 Å². The summed E-state index contributed by atoms with van der Waals surface area (Å²) in [5.41, 5.74) is 0. The summed E-state index contributed by atoms with van der Waals surface area (Å²) in [5.74, 6) is -2.90. The number of hydrogen-bond acceptors (Lipinski definition) is 2. The van der Waals surface area contributed by atoms with Gasteiger partial charge in [0.05, 0.1) is 12.2 Å². The van der Waals surface area contributed by atoms with E-state index in [9.17, 15) is 35.1 Å². The van der Waals surface area contributed by atoms with Crippen LogP contribution in [-0.2, 0) is 9.47 Å². The van der Waals surface area contributed by atoms with Gasteiger partial charge < -0.3 is 4.74 Å². The fourth-order valence-corrected chi connectivity index (χ4v) is 5.73. The first kappa shape index (κ1) is 25.3. The van der Waals surface area contributed by atoms with Crippen molar-refractivity contribution in [1.29, 1.82) is 0 Å². The van der Waals surface area contributed by atoms with E-state index in [-0.39, 0.29) is 38.0 Å². The summed E-state index contributed by atoms with van der Waals surface area (Å²) in [6, 6.07) is 0. The number of hydrogen-bond donors (Lipinski definition) is 0. The predicted molar refractivity (Wildman–Crippen MR) is 97.1 cm³/mol. The minimum Gasteiger partial charge on any atom is -0.317 e. The minimum atomic E-state index is -4.71. The second-order valence-electron chi connectivity index (χ2n) is 9.02. The molecule has 0 bridgehead atoms. The molecule has 5 unspecified atom stereocenters. The third-order valence-corrected chi connectivity index (χ3v) is 7.21. The van der Waals surface area contributed by atoms with E-state index < -0.39 is 73.2 Å². The highest BCUT2D eigenvalue weighted by atomic mass is 35.5. The first-order valence-corrected chi connectivity index (χ1v) is 11.2. The summed E-state index contributed by atoms with van der Waals surface area (Å²) < 4.78 is 118. The molecule has 0 aromatic heterocycles. The molecule has 5 atom stereocenters. The van der Waals surface area contributed by atoms with Crippen LogP contribution in [0.2, 0.25) is 0 Å². The van der Waals surface area contributed by atoms with E-state index in [2.05, 4.69) is 4.74 Å². The van der Waals surface area contributed by atoms with Crippen LogP contribution in [0.1, 0.15) is 57.8 Å². The maximum Gasteiger partial charge on any atom is 0.522 e. The van der Waals surface area contributed by atoms with Crippen molar-refractivity contribution in [3.8, 4) is 0 Å². The average Bonchev–Trinajstić information content (AvgIpc) is 2.60. The fourth-order valence-electron chi connectivity index (χ4n) is 5.39. The van der Waals surface area contributed by atoms with Gasteiger partial charge in [0.15, 0.2) is 0 Å². The molecule has 0 spiro atoms. The molecular weight excluding hydrogens is 460 g/mol. The standard InChI is InChI=1S/C20H27ClF8O2/c21-11-7-16(23)18(17(24)8-11)19(25,26)30-13-5-6-14(15(22)9-13)10-1-3-12(4-2-10)31-20(27,28)29/h10-18H,1-9H2. The van der Waals surface area contributed by atoms with Crippen LogP contribution in [0.3, 0.4) is 0 Å². The largest absolute Gasteiger partial charge is 0.522 e. The maximum absolute atomic E-state index is 14.8. The number of rotatable bonds is 5. The lowest BCUT2D eigenvalue weighted by Gasteiger charge is -2.42. The topological polar surface area (TPSA) is 18.5 Å². The highest BCUT2D eigenvalue weighted by molar-refractivity contribution is 6.20. The second kappa shape index (κ2) is 9.87. The van der Waals surface area contributed by atoms with Crippen LogP contribution in [0.4, 0.5) is 35.1 Å². The van der Waals surface area contributed by atoms with Crippen molar-refractivity contribution in [2.75, 3.05) is 0 Å². The summed E-state index contributed by atoms with van der Waals surface area (Å²) in [6.07, 6.45) is -16.5. The number of ether oxygens (including phenoxy) is 2. The number of alkyl halides is 9. The molecule has 0 saturated heterocycles. The molecular formula is C20H27ClF8O2. The van der Waals surface area contributed by atoms with Crippen molar-refractivity contribution in [2.24, 2.45) is 17.8 Å². The third-order valence-electron chi connectivity index (χ3n) is 6.85. The molecule has 0 aliphatic heterocycles. The van der Waals surface area contributed by atoms with Crippen molar-refractivity contribution in [3.05, 3.63) is 0 Å². The Bertz CT molecular complexity index is 572. The fraction of sp³-hybridized carbons (Fsp3) is 1.00. The zero-order valence-electron chi connectivity index (χ0n) is 16.8. The molecule has 3 saturated carbocycles. The van der Waals surface area contributed by atoms with Crippen LogP contribution in [0.5, 0.6) is 0 Å². The molecule has 11 heteroatoms. The van der Waals surface area contributed by atoms with Gasteiger partial charge in [-0.2, -0.15) is 8.78 Å². The van der Waals surface area contributed by atoms with E-state index >= 15 is 0 Å². The molecule has 0 amide bonds. The lowest BCUT2D eigenvalue weighted by atomic mass is 9.71. The van der Waals surface area contributed by atoms with E-state index in [1.165, 1.54) is 0 Å². The molecule has 0 N–H and O–H groups in total. The second-order valence-corrected chi connectivity index (χ2v) is 9.64. The lowest BCUT2D eigenvalue weighted by molar-refractivity contribution is -0.346. The number of halogens is 9. The predicted octanol–water partition coefficient (Wildman–Crippen LogP) is 6.89. The van der Waals surface area contributed by atoms with Crippen LogP contribution < -0.4 is 0 Å². The molecule has 3 fully saturated rings. The van der Waals surface area contributed by atoms with Crippen LogP contribution in [0.15, 0.2) is 0 Å². The zero-order chi connectivity index (χ0) is 23.0.